The first-order valence-electron chi connectivity index (χ1n) is 6.23. The van der Waals surface area contributed by atoms with Crippen LogP contribution >= 0.6 is 39.1 Å². The molecule has 0 heterocycles. The van der Waals surface area contributed by atoms with Gasteiger partial charge in [-0.3, -0.25) is 0 Å². The molecule has 0 aliphatic rings. The largest absolute Gasteiger partial charge is 0.113 e. The standard InChI is InChI=1S/C17H11BrCl2/c18-12-5-3-4-11(10-12)17(20)15-8-9-16(19)14-7-2-1-6-13(14)15/h1-10,17H. The second-order valence-electron chi connectivity index (χ2n) is 4.60. The Morgan fingerprint density at radius 3 is 2.35 bits per heavy atom. The zero-order valence-electron chi connectivity index (χ0n) is 10.5. The summed E-state index contributed by atoms with van der Waals surface area (Å²) >= 11 is 16.4. The van der Waals surface area contributed by atoms with Crippen LogP contribution in [0.5, 0.6) is 0 Å². The lowest BCUT2D eigenvalue weighted by Gasteiger charge is -2.14. The molecule has 3 heteroatoms. The summed E-state index contributed by atoms with van der Waals surface area (Å²) in [6.07, 6.45) is 0. The molecule has 1 unspecified atom stereocenters. The van der Waals surface area contributed by atoms with Gasteiger partial charge in [-0.1, -0.05) is 70.0 Å². The third-order valence-corrected chi connectivity index (χ3v) is 4.63. The maximum atomic E-state index is 6.67. The van der Waals surface area contributed by atoms with Gasteiger partial charge < -0.3 is 0 Å². The lowest BCUT2D eigenvalue weighted by Crippen LogP contribution is -1.95. The lowest BCUT2D eigenvalue weighted by atomic mass is 9.98. The van der Waals surface area contributed by atoms with Gasteiger partial charge >= 0.3 is 0 Å². The predicted octanol–water partition coefficient (Wildman–Crippen LogP) is 6.58. The topological polar surface area (TPSA) is 0 Å². The van der Waals surface area contributed by atoms with Crippen LogP contribution in [-0.4, -0.2) is 0 Å². The smallest absolute Gasteiger partial charge is 0.0841 e. The van der Waals surface area contributed by atoms with E-state index in [-0.39, 0.29) is 5.38 Å². The molecular formula is C17H11BrCl2. The summed E-state index contributed by atoms with van der Waals surface area (Å²) in [5.74, 6) is 0. The van der Waals surface area contributed by atoms with E-state index in [1.54, 1.807) is 0 Å². The van der Waals surface area contributed by atoms with E-state index in [1.165, 1.54) is 0 Å². The number of alkyl halides is 1. The molecule has 0 amide bonds. The molecule has 0 saturated carbocycles. The van der Waals surface area contributed by atoms with E-state index < -0.39 is 0 Å². The quantitative estimate of drug-likeness (QED) is 0.449. The van der Waals surface area contributed by atoms with Gasteiger partial charge in [0.25, 0.3) is 0 Å². The normalized spacial score (nSPS) is 12.6. The van der Waals surface area contributed by atoms with Crippen LogP contribution < -0.4 is 0 Å². The van der Waals surface area contributed by atoms with Crippen molar-refractivity contribution in [2.75, 3.05) is 0 Å². The molecule has 0 aliphatic heterocycles. The van der Waals surface area contributed by atoms with E-state index in [4.69, 9.17) is 23.2 Å². The average Bonchev–Trinajstić information content (AvgIpc) is 2.47. The van der Waals surface area contributed by atoms with Crippen LogP contribution in [0.15, 0.2) is 65.1 Å². The summed E-state index contributed by atoms with van der Waals surface area (Å²) in [6.45, 7) is 0. The second kappa shape index (κ2) is 5.77. The number of rotatable bonds is 2. The molecule has 0 nitrogen and oxygen atoms in total. The van der Waals surface area contributed by atoms with Crippen molar-refractivity contribution in [3.05, 3.63) is 81.3 Å². The fourth-order valence-corrected chi connectivity index (χ4v) is 3.32. The molecule has 0 fully saturated rings. The summed E-state index contributed by atoms with van der Waals surface area (Å²) in [5, 5.41) is 2.68. The highest BCUT2D eigenvalue weighted by Crippen LogP contribution is 2.36. The fourth-order valence-electron chi connectivity index (χ4n) is 2.35. The molecule has 0 aliphatic carbocycles. The van der Waals surface area contributed by atoms with Crippen molar-refractivity contribution < 1.29 is 0 Å². The molecule has 3 rings (SSSR count). The Hall–Kier alpha value is -1.02. The van der Waals surface area contributed by atoms with Crippen LogP contribution in [0.4, 0.5) is 0 Å². The van der Waals surface area contributed by atoms with Gasteiger partial charge in [0.2, 0.25) is 0 Å². The molecule has 0 aromatic heterocycles. The molecule has 0 radical (unpaired) electrons. The highest BCUT2D eigenvalue weighted by Gasteiger charge is 2.15. The van der Waals surface area contributed by atoms with E-state index in [9.17, 15) is 0 Å². The van der Waals surface area contributed by atoms with Crippen molar-refractivity contribution in [1.29, 1.82) is 0 Å². The minimum absolute atomic E-state index is 0.199. The molecule has 3 aromatic carbocycles. The maximum Gasteiger partial charge on any atom is 0.0841 e. The second-order valence-corrected chi connectivity index (χ2v) is 6.36. The van der Waals surface area contributed by atoms with Gasteiger partial charge in [-0.15, -0.1) is 11.6 Å². The summed E-state index contributed by atoms with van der Waals surface area (Å²) in [4.78, 5) is 0. The van der Waals surface area contributed by atoms with Gasteiger partial charge in [0, 0.05) is 14.9 Å². The van der Waals surface area contributed by atoms with Crippen LogP contribution in [0.2, 0.25) is 5.02 Å². The van der Waals surface area contributed by atoms with Crippen molar-refractivity contribution in [3.8, 4) is 0 Å². The first-order valence-corrected chi connectivity index (χ1v) is 7.84. The Bertz CT molecular complexity index is 768. The average molecular weight is 366 g/mol. The summed E-state index contributed by atoms with van der Waals surface area (Å²) in [5.41, 5.74) is 2.14. The zero-order valence-corrected chi connectivity index (χ0v) is 13.6. The lowest BCUT2D eigenvalue weighted by molar-refractivity contribution is 1.16. The molecule has 0 saturated heterocycles. The fraction of sp³-hybridized carbons (Fsp3) is 0.0588. The molecule has 3 aromatic rings. The Labute approximate surface area is 136 Å². The number of halogens is 3. The van der Waals surface area contributed by atoms with E-state index in [1.807, 2.05) is 54.6 Å². The Morgan fingerprint density at radius 2 is 1.60 bits per heavy atom. The van der Waals surface area contributed by atoms with Crippen molar-refractivity contribution >= 4 is 49.9 Å². The van der Waals surface area contributed by atoms with Crippen molar-refractivity contribution in [3.63, 3.8) is 0 Å². The number of hydrogen-bond donors (Lipinski definition) is 0. The van der Waals surface area contributed by atoms with E-state index in [2.05, 4.69) is 22.0 Å². The highest BCUT2D eigenvalue weighted by molar-refractivity contribution is 9.10. The Morgan fingerprint density at radius 1 is 0.850 bits per heavy atom. The van der Waals surface area contributed by atoms with Crippen molar-refractivity contribution in [1.82, 2.24) is 0 Å². The van der Waals surface area contributed by atoms with E-state index >= 15 is 0 Å². The molecule has 0 bridgehead atoms. The van der Waals surface area contributed by atoms with Crippen LogP contribution in [0, 0.1) is 0 Å². The summed E-state index contributed by atoms with van der Waals surface area (Å²) < 4.78 is 1.03. The number of hydrogen-bond acceptors (Lipinski definition) is 0. The maximum absolute atomic E-state index is 6.67. The first-order chi connectivity index (χ1) is 9.66. The molecule has 0 N–H and O–H groups in total. The molecule has 0 spiro atoms. The van der Waals surface area contributed by atoms with Crippen LogP contribution in [0.3, 0.4) is 0 Å². The molecule has 20 heavy (non-hydrogen) atoms. The third kappa shape index (κ3) is 2.58. The minimum Gasteiger partial charge on any atom is -0.113 e. The predicted molar refractivity (Wildman–Crippen MR) is 90.8 cm³/mol. The third-order valence-electron chi connectivity index (χ3n) is 3.32. The van der Waals surface area contributed by atoms with E-state index in [0.29, 0.717) is 0 Å². The van der Waals surface area contributed by atoms with Crippen LogP contribution in [0.1, 0.15) is 16.5 Å². The monoisotopic (exact) mass is 364 g/mol. The van der Waals surface area contributed by atoms with Crippen molar-refractivity contribution in [2.24, 2.45) is 0 Å². The molecular weight excluding hydrogens is 355 g/mol. The summed E-state index contributed by atoms with van der Waals surface area (Å²) in [6, 6.07) is 20.0. The Balaban J connectivity index is 2.17. The van der Waals surface area contributed by atoms with E-state index in [0.717, 1.165) is 31.4 Å². The van der Waals surface area contributed by atoms with Gasteiger partial charge in [0.15, 0.2) is 0 Å². The first kappa shape index (κ1) is 13.9. The van der Waals surface area contributed by atoms with Gasteiger partial charge in [-0.25, -0.2) is 0 Å². The number of benzene rings is 3. The molecule has 1 atom stereocenters. The van der Waals surface area contributed by atoms with Gasteiger partial charge in [0.05, 0.1) is 5.38 Å². The zero-order chi connectivity index (χ0) is 14.1. The minimum atomic E-state index is -0.199. The SMILES string of the molecule is Clc1ccc(C(Cl)c2cccc(Br)c2)c2ccccc12. The van der Waals surface area contributed by atoms with Crippen molar-refractivity contribution in [2.45, 2.75) is 5.38 Å². The summed E-state index contributed by atoms with van der Waals surface area (Å²) in [7, 11) is 0. The van der Waals surface area contributed by atoms with Crippen LogP contribution in [0.25, 0.3) is 10.8 Å². The van der Waals surface area contributed by atoms with Crippen LogP contribution in [-0.2, 0) is 0 Å². The molecule has 100 valence electrons. The van der Waals surface area contributed by atoms with Gasteiger partial charge in [0.1, 0.15) is 0 Å². The Kier molecular flexibility index (Phi) is 4.02. The van der Waals surface area contributed by atoms with Gasteiger partial charge in [-0.05, 0) is 34.7 Å². The van der Waals surface area contributed by atoms with Gasteiger partial charge in [-0.2, -0.15) is 0 Å². The highest BCUT2D eigenvalue weighted by atomic mass is 79.9. The number of fused-ring (bicyclic) bond motifs is 1.